The molecule has 12 N–H and O–H groups in total. The van der Waals surface area contributed by atoms with Crippen molar-refractivity contribution in [2.75, 3.05) is 167 Å². The summed E-state index contributed by atoms with van der Waals surface area (Å²) in [4.78, 5) is 77.2. The lowest BCUT2D eigenvalue weighted by Gasteiger charge is -2.29. The van der Waals surface area contributed by atoms with Gasteiger partial charge in [-0.15, -0.1) is 0 Å². The van der Waals surface area contributed by atoms with Gasteiger partial charge in [-0.2, -0.15) is 39.9 Å². The Kier molecular flexibility index (Phi) is 26.4. The van der Waals surface area contributed by atoms with E-state index in [4.69, 9.17) is 38.9 Å². The van der Waals surface area contributed by atoms with Crippen LogP contribution in [0.2, 0.25) is 0 Å². The largest absolute Gasteiger partial charge is 0.378 e. The molecule has 4 saturated carbocycles. The van der Waals surface area contributed by atoms with E-state index in [1.807, 2.05) is 0 Å². The van der Waals surface area contributed by atoms with Crippen LogP contribution >= 0.6 is 0 Å². The second-order valence-electron chi connectivity index (χ2n) is 32.8. The molecule has 20 rings (SSSR count). The number of rotatable bonds is 20. The number of nitrogens with one attached hydrogen (secondary N) is 12. The van der Waals surface area contributed by atoms with Gasteiger partial charge in [-0.25, -0.2) is 19.9 Å². The van der Waals surface area contributed by atoms with Gasteiger partial charge in [0, 0.05) is 122 Å². The Hall–Kier alpha value is -11.5. The first-order valence-corrected chi connectivity index (χ1v) is 43.8. The fourth-order valence-electron chi connectivity index (χ4n) is 17.4. The Morgan fingerprint density at radius 2 is 0.483 bits per heavy atom. The van der Waals surface area contributed by atoms with Gasteiger partial charge < -0.3 is 101 Å². The predicted molar refractivity (Wildman–Crippen MR) is 479 cm³/mol. The summed E-state index contributed by atoms with van der Waals surface area (Å²) >= 11 is 0. The highest BCUT2D eigenvalue weighted by atomic mass is 16.5. The van der Waals surface area contributed by atoms with Gasteiger partial charge in [-0.05, 0) is 174 Å². The van der Waals surface area contributed by atoms with E-state index in [0.717, 1.165) is 196 Å². The number of nitrogens with zero attached hydrogens (tertiary/aromatic N) is 16. The van der Waals surface area contributed by atoms with Crippen molar-refractivity contribution in [3.8, 4) is 0 Å². The SMILES string of the molecule is Cc1cc(N2CCOCC2)ccc1Nc1nc(NC2CCCCC2)c2[nH]cnc2n1.Cc1cc(N2CCOCC2)ccc1Nc1nc(NC2CCCCC2)c2[nH]cnc2n1.Cc1cc(N2CCOCC2)ccc1Nc1nc(NC2CCCCC2)c2[nH]cnc2n1.Cc1cc(N2CCOCC2)ccc1Nc1nc(NC2CCCCC2)c2[nH]cnc2n1. The number of anilines is 16. The van der Waals surface area contributed by atoms with Crippen molar-refractivity contribution in [2.45, 2.75) is 180 Å². The fourth-order valence-corrected chi connectivity index (χ4v) is 17.4. The predicted octanol–water partition coefficient (Wildman–Crippen LogP) is 15.9. The third-order valence-corrected chi connectivity index (χ3v) is 24.3. The highest BCUT2D eigenvalue weighted by Crippen LogP contribution is 2.36. The minimum Gasteiger partial charge on any atom is -0.378 e. The van der Waals surface area contributed by atoms with E-state index < -0.39 is 0 Å². The summed E-state index contributed by atoms with van der Waals surface area (Å²) in [6.45, 7) is 22.2. The molecule has 4 aliphatic heterocycles. The topological polar surface area (TPSA) is 364 Å². The van der Waals surface area contributed by atoms with E-state index in [-0.39, 0.29) is 0 Å². The first kappa shape index (κ1) is 80.9. The molecular formula is C88H116N28O4. The molecule has 32 heteroatoms. The van der Waals surface area contributed by atoms with E-state index in [1.165, 1.54) is 151 Å². The van der Waals surface area contributed by atoms with E-state index >= 15 is 0 Å². The molecule has 4 aromatic carbocycles. The smallest absolute Gasteiger partial charge is 0.231 e. The second kappa shape index (κ2) is 39.2. The number of aromatic amines is 4. The molecule has 8 aromatic heterocycles. The number of aromatic nitrogens is 16. The van der Waals surface area contributed by atoms with Crippen LogP contribution in [0.3, 0.4) is 0 Å². The summed E-state index contributed by atoms with van der Waals surface area (Å²) in [5.41, 5.74) is 19.7. The lowest BCUT2D eigenvalue weighted by Crippen LogP contribution is -2.36. The number of morpholine rings is 4. The van der Waals surface area contributed by atoms with Crippen molar-refractivity contribution in [1.29, 1.82) is 0 Å². The van der Waals surface area contributed by atoms with Crippen molar-refractivity contribution >= 4 is 137 Å². The Morgan fingerprint density at radius 3 is 0.683 bits per heavy atom. The summed E-state index contributed by atoms with van der Waals surface area (Å²) in [7, 11) is 0. The standard InChI is InChI=1S/4C22H29N7O/c4*1-15-13-17(29-9-11-30-12-10-29)7-8-18(15)26-22-27-20-19(23-14-24-20)21(28-22)25-16-5-3-2-4-6-16/h4*7-8,13-14,16H,2-6,9-12H2,1H3,(H3,23,24,25,26,27,28). The van der Waals surface area contributed by atoms with Gasteiger partial charge in [-0.1, -0.05) is 77.0 Å². The van der Waals surface area contributed by atoms with Crippen LogP contribution in [0.1, 0.15) is 151 Å². The Bertz CT molecular complexity index is 4680. The minimum atomic E-state index is 0.461. The molecule has 0 atom stereocenters. The van der Waals surface area contributed by atoms with Crippen LogP contribution in [-0.4, -0.2) is 209 Å². The van der Waals surface area contributed by atoms with Gasteiger partial charge in [-0.3, -0.25) is 0 Å². The molecule has 632 valence electrons. The number of imidazole rings is 4. The molecule has 12 aromatic rings. The van der Waals surface area contributed by atoms with Crippen molar-refractivity contribution in [1.82, 2.24) is 79.7 Å². The maximum Gasteiger partial charge on any atom is 0.231 e. The molecule has 0 radical (unpaired) electrons. The minimum absolute atomic E-state index is 0.461. The molecule has 32 nitrogen and oxygen atoms in total. The van der Waals surface area contributed by atoms with Crippen LogP contribution in [0.4, 0.5) is 92.6 Å². The Morgan fingerprint density at radius 1 is 0.275 bits per heavy atom. The van der Waals surface area contributed by atoms with Gasteiger partial charge in [0.05, 0.1) is 78.2 Å². The van der Waals surface area contributed by atoms with Gasteiger partial charge in [0.1, 0.15) is 22.1 Å². The molecule has 12 heterocycles. The van der Waals surface area contributed by atoms with Crippen molar-refractivity contribution in [3.05, 3.63) is 120 Å². The van der Waals surface area contributed by atoms with Crippen LogP contribution in [0, 0.1) is 27.7 Å². The number of benzene rings is 4. The summed E-state index contributed by atoms with van der Waals surface area (Å²) in [5, 5.41) is 28.1. The van der Waals surface area contributed by atoms with E-state index in [1.54, 1.807) is 25.3 Å². The summed E-state index contributed by atoms with van der Waals surface area (Å²) in [6.07, 6.45) is 31.7. The zero-order chi connectivity index (χ0) is 81.4. The van der Waals surface area contributed by atoms with Gasteiger partial charge in [0.15, 0.2) is 45.9 Å². The van der Waals surface area contributed by atoms with Crippen LogP contribution in [0.25, 0.3) is 44.7 Å². The van der Waals surface area contributed by atoms with Gasteiger partial charge in [0.25, 0.3) is 0 Å². The molecule has 0 spiro atoms. The number of hydrogen-bond donors (Lipinski definition) is 12. The van der Waals surface area contributed by atoms with Gasteiger partial charge >= 0.3 is 0 Å². The molecule has 8 fully saturated rings. The molecule has 0 unspecified atom stereocenters. The highest BCUT2D eigenvalue weighted by molar-refractivity contribution is 5.88. The quantitative estimate of drug-likeness (QED) is 0.0337. The zero-order valence-corrected chi connectivity index (χ0v) is 69.8. The molecule has 0 bridgehead atoms. The van der Waals surface area contributed by atoms with E-state index in [0.29, 0.717) is 70.5 Å². The van der Waals surface area contributed by atoms with E-state index in [9.17, 15) is 0 Å². The summed E-state index contributed by atoms with van der Waals surface area (Å²) < 4.78 is 21.9. The lowest BCUT2D eigenvalue weighted by atomic mass is 9.95. The van der Waals surface area contributed by atoms with Crippen molar-refractivity contribution in [2.24, 2.45) is 0 Å². The second-order valence-corrected chi connectivity index (χ2v) is 32.8. The molecular weight excluding hydrogens is 1510 g/mol. The average Bonchev–Trinajstić information content (AvgIpc) is 1.52. The van der Waals surface area contributed by atoms with Crippen LogP contribution in [0.15, 0.2) is 98.1 Å². The molecule has 4 aliphatic carbocycles. The number of ether oxygens (including phenoxy) is 4. The fraction of sp³-hybridized carbons (Fsp3) is 0.500. The Balaban J connectivity index is 0.000000114. The molecule has 4 saturated heterocycles. The average molecular weight is 1630 g/mol. The van der Waals surface area contributed by atoms with Gasteiger partial charge in [0.2, 0.25) is 23.8 Å². The number of aryl methyl sites for hydroxylation is 4. The third-order valence-electron chi connectivity index (χ3n) is 24.3. The number of hydrogen-bond acceptors (Lipinski definition) is 28. The van der Waals surface area contributed by atoms with Crippen LogP contribution in [-0.2, 0) is 18.9 Å². The highest BCUT2D eigenvalue weighted by Gasteiger charge is 2.26. The Labute approximate surface area is 700 Å². The lowest BCUT2D eigenvalue weighted by molar-refractivity contribution is 0.122. The van der Waals surface area contributed by atoms with Crippen molar-refractivity contribution in [3.63, 3.8) is 0 Å². The molecule has 120 heavy (non-hydrogen) atoms. The normalized spacial score (nSPS) is 18.0. The molecule has 0 amide bonds. The monoisotopic (exact) mass is 1630 g/mol. The molecule has 8 aliphatic rings. The van der Waals surface area contributed by atoms with Crippen LogP contribution < -0.4 is 62.1 Å². The number of H-pyrrole nitrogens is 4. The third kappa shape index (κ3) is 20.5. The summed E-state index contributed by atoms with van der Waals surface area (Å²) in [5.74, 6) is 5.57. The summed E-state index contributed by atoms with van der Waals surface area (Å²) in [6, 6.07) is 27.7. The zero-order valence-electron chi connectivity index (χ0n) is 69.8. The maximum atomic E-state index is 5.46. The number of fused-ring (bicyclic) bond motifs is 4. The maximum absolute atomic E-state index is 5.46. The van der Waals surface area contributed by atoms with Crippen LogP contribution in [0.5, 0.6) is 0 Å². The van der Waals surface area contributed by atoms with E-state index in [2.05, 4.69) is 222 Å². The van der Waals surface area contributed by atoms with Crippen molar-refractivity contribution < 1.29 is 18.9 Å². The first-order valence-electron chi connectivity index (χ1n) is 43.8. The first-order chi connectivity index (χ1) is 59.0.